The van der Waals surface area contributed by atoms with E-state index in [1.54, 1.807) is 0 Å². The fraction of sp³-hybridized carbons (Fsp3) is 1.00. The van der Waals surface area contributed by atoms with Crippen molar-refractivity contribution in [3.63, 3.8) is 0 Å². The van der Waals surface area contributed by atoms with Gasteiger partial charge in [0.25, 0.3) is 0 Å². The Labute approximate surface area is 73.4 Å². The van der Waals surface area contributed by atoms with Gasteiger partial charge in [0.05, 0.1) is 0 Å². The first kappa shape index (κ1) is 11.8. The second-order valence-corrected chi connectivity index (χ2v) is 2.45. The maximum atomic E-state index is 8.14. The summed E-state index contributed by atoms with van der Waals surface area (Å²) in [6, 6.07) is 0. The lowest BCUT2D eigenvalue weighted by Gasteiger charge is -2.02. The van der Waals surface area contributed by atoms with Crippen molar-refractivity contribution in [1.82, 2.24) is 0 Å². The predicted octanol–water partition coefficient (Wildman–Crippen LogP) is 1.44. The highest BCUT2D eigenvalue weighted by Gasteiger charge is 1.89. The molecule has 0 bridgehead atoms. The van der Waals surface area contributed by atoms with E-state index in [-0.39, 0.29) is 6.79 Å². The van der Waals surface area contributed by atoms with Gasteiger partial charge in [-0.05, 0) is 6.42 Å². The van der Waals surface area contributed by atoms with E-state index in [1.165, 1.54) is 19.3 Å². The lowest BCUT2D eigenvalue weighted by molar-refractivity contribution is -0.363. The van der Waals surface area contributed by atoms with Gasteiger partial charge >= 0.3 is 0 Å². The van der Waals surface area contributed by atoms with Gasteiger partial charge in [-0.3, -0.25) is 0 Å². The van der Waals surface area contributed by atoms with Crippen LogP contribution in [-0.2, 0) is 14.5 Å². The number of aliphatic hydroxyl groups is 1. The topological polar surface area (TPSA) is 47.9 Å². The summed E-state index contributed by atoms with van der Waals surface area (Å²) in [4.78, 5) is 8.61. The molecular formula is C8H18O4. The lowest BCUT2D eigenvalue weighted by atomic mass is 10.2. The summed E-state index contributed by atoms with van der Waals surface area (Å²) >= 11 is 0. The Morgan fingerprint density at radius 2 is 1.92 bits per heavy atom. The Hall–Kier alpha value is -0.160. The SMILES string of the molecule is CCCCCCOCOOCO. The van der Waals surface area contributed by atoms with Crippen molar-refractivity contribution >= 4 is 0 Å². The molecule has 0 aliphatic heterocycles. The van der Waals surface area contributed by atoms with Gasteiger partial charge in [0, 0.05) is 6.61 Å². The molecule has 4 nitrogen and oxygen atoms in total. The summed E-state index contributed by atoms with van der Waals surface area (Å²) < 4.78 is 5.02. The van der Waals surface area contributed by atoms with Crippen LogP contribution in [0.4, 0.5) is 0 Å². The summed E-state index contributed by atoms with van der Waals surface area (Å²) in [6.07, 6.45) is 4.72. The third-order valence-electron chi connectivity index (χ3n) is 1.41. The van der Waals surface area contributed by atoms with E-state index >= 15 is 0 Å². The molecule has 12 heavy (non-hydrogen) atoms. The molecule has 0 saturated carbocycles. The number of hydrogen-bond acceptors (Lipinski definition) is 4. The van der Waals surface area contributed by atoms with Crippen molar-refractivity contribution in [3.05, 3.63) is 0 Å². The third kappa shape index (κ3) is 9.84. The maximum absolute atomic E-state index is 8.14. The average molecular weight is 178 g/mol. The molecule has 1 N–H and O–H groups in total. The van der Waals surface area contributed by atoms with Crippen LogP contribution in [0.2, 0.25) is 0 Å². The maximum Gasteiger partial charge on any atom is 0.180 e. The van der Waals surface area contributed by atoms with Crippen LogP contribution in [0.5, 0.6) is 0 Å². The van der Waals surface area contributed by atoms with E-state index in [0.29, 0.717) is 6.61 Å². The van der Waals surface area contributed by atoms with Crippen LogP contribution < -0.4 is 0 Å². The molecule has 4 heteroatoms. The zero-order valence-corrected chi connectivity index (χ0v) is 7.62. The molecule has 0 aliphatic carbocycles. The summed E-state index contributed by atoms with van der Waals surface area (Å²) in [6.45, 7) is 2.51. The Kier molecular flexibility index (Phi) is 10.7. The van der Waals surface area contributed by atoms with Gasteiger partial charge in [0.15, 0.2) is 13.6 Å². The number of ether oxygens (including phenoxy) is 1. The normalized spacial score (nSPS) is 10.5. The molecule has 0 rings (SSSR count). The first-order valence-corrected chi connectivity index (χ1v) is 4.34. The van der Waals surface area contributed by atoms with Crippen LogP contribution in [0.3, 0.4) is 0 Å². The van der Waals surface area contributed by atoms with Crippen molar-refractivity contribution in [2.45, 2.75) is 32.6 Å². The highest BCUT2D eigenvalue weighted by molar-refractivity contribution is 4.37. The molecule has 0 aromatic heterocycles. The Morgan fingerprint density at radius 1 is 1.08 bits per heavy atom. The lowest BCUT2D eigenvalue weighted by Crippen LogP contribution is -2.03. The van der Waals surface area contributed by atoms with Crippen LogP contribution in [0.15, 0.2) is 0 Å². The van der Waals surface area contributed by atoms with E-state index in [1.807, 2.05) is 0 Å². The fourth-order valence-electron chi connectivity index (χ4n) is 0.795. The van der Waals surface area contributed by atoms with Crippen molar-refractivity contribution in [1.29, 1.82) is 0 Å². The molecule has 74 valence electrons. The second kappa shape index (κ2) is 10.8. The number of unbranched alkanes of at least 4 members (excludes halogenated alkanes) is 3. The molecule has 0 saturated heterocycles. The molecule has 0 fully saturated rings. The number of aliphatic hydroxyl groups excluding tert-OH is 1. The number of hydrogen-bond donors (Lipinski definition) is 1. The first-order chi connectivity index (χ1) is 5.91. The highest BCUT2D eigenvalue weighted by Crippen LogP contribution is 1.98. The second-order valence-electron chi connectivity index (χ2n) is 2.45. The molecular weight excluding hydrogens is 160 g/mol. The van der Waals surface area contributed by atoms with E-state index in [2.05, 4.69) is 16.7 Å². The van der Waals surface area contributed by atoms with Gasteiger partial charge in [-0.25, -0.2) is 9.78 Å². The summed E-state index contributed by atoms with van der Waals surface area (Å²) in [5, 5.41) is 8.14. The molecule has 0 heterocycles. The van der Waals surface area contributed by atoms with Crippen molar-refractivity contribution < 1.29 is 19.6 Å². The molecule has 0 aromatic rings. The Balaban J connectivity index is 2.73. The van der Waals surface area contributed by atoms with Crippen LogP contribution in [-0.4, -0.2) is 25.3 Å². The Morgan fingerprint density at radius 3 is 2.58 bits per heavy atom. The van der Waals surface area contributed by atoms with E-state index in [4.69, 9.17) is 9.84 Å². The summed E-state index contributed by atoms with van der Waals surface area (Å²) in [7, 11) is 0. The molecule has 0 aromatic carbocycles. The van der Waals surface area contributed by atoms with Crippen molar-refractivity contribution in [2.24, 2.45) is 0 Å². The molecule has 0 aliphatic rings. The molecule has 0 spiro atoms. The molecule has 0 atom stereocenters. The van der Waals surface area contributed by atoms with E-state index in [9.17, 15) is 0 Å². The minimum atomic E-state index is -0.431. The highest BCUT2D eigenvalue weighted by atomic mass is 17.2. The molecule has 0 amide bonds. The van der Waals surface area contributed by atoms with Gasteiger partial charge < -0.3 is 9.84 Å². The van der Waals surface area contributed by atoms with Gasteiger partial charge in [0.1, 0.15) is 0 Å². The van der Waals surface area contributed by atoms with Crippen LogP contribution in [0.1, 0.15) is 32.6 Å². The van der Waals surface area contributed by atoms with E-state index in [0.717, 1.165) is 6.42 Å². The molecule has 0 unspecified atom stereocenters. The van der Waals surface area contributed by atoms with Crippen LogP contribution >= 0.6 is 0 Å². The van der Waals surface area contributed by atoms with E-state index < -0.39 is 6.79 Å². The van der Waals surface area contributed by atoms with Gasteiger partial charge in [-0.1, -0.05) is 26.2 Å². The standard InChI is InChI=1S/C8H18O4/c1-2-3-4-5-6-10-8-12-11-7-9/h9H,2-8H2,1H3. The van der Waals surface area contributed by atoms with Gasteiger partial charge in [-0.2, -0.15) is 0 Å². The zero-order chi connectivity index (χ0) is 9.07. The van der Waals surface area contributed by atoms with Crippen LogP contribution in [0.25, 0.3) is 0 Å². The first-order valence-electron chi connectivity index (χ1n) is 4.34. The molecule has 0 radical (unpaired) electrons. The monoisotopic (exact) mass is 178 g/mol. The average Bonchev–Trinajstić information content (AvgIpc) is 2.10. The predicted molar refractivity (Wildman–Crippen MR) is 44.2 cm³/mol. The van der Waals surface area contributed by atoms with Crippen LogP contribution in [0, 0.1) is 0 Å². The van der Waals surface area contributed by atoms with Crippen molar-refractivity contribution in [3.8, 4) is 0 Å². The number of rotatable bonds is 9. The minimum absolute atomic E-state index is 0.0900. The van der Waals surface area contributed by atoms with Gasteiger partial charge in [-0.15, -0.1) is 0 Å². The zero-order valence-electron chi connectivity index (χ0n) is 7.62. The fourth-order valence-corrected chi connectivity index (χ4v) is 0.795. The summed E-state index contributed by atoms with van der Waals surface area (Å²) in [5.41, 5.74) is 0. The minimum Gasteiger partial charge on any atom is -0.368 e. The smallest absolute Gasteiger partial charge is 0.180 e. The Bertz CT molecular complexity index is 67.5. The third-order valence-corrected chi connectivity index (χ3v) is 1.41. The van der Waals surface area contributed by atoms with Crippen molar-refractivity contribution in [2.75, 3.05) is 20.2 Å². The largest absolute Gasteiger partial charge is 0.368 e. The van der Waals surface area contributed by atoms with Gasteiger partial charge in [0.2, 0.25) is 0 Å². The quantitative estimate of drug-likeness (QED) is 0.251. The summed E-state index contributed by atoms with van der Waals surface area (Å²) in [5.74, 6) is 0.